The van der Waals surface area contributed by atoms with E-state index >= 15 is 0 Å². The maximum atomic E-state index is 13.2. The summed E-state index contributed by atoms with van der Waals surface area (Å²) in [5.74, 6) is -0.880. The van der Waals surface area contributed by atoms with Crippen molar-refractivity contribution in [2.45, 2.75) is 74.2 Å². The summed E-state index contributed by atoms with van der Waals surface area (Å²) in [6.45, 7) is 1.97. The van der Waals surface area contributed by atoms with Gasteiger partial charge >= 0.3 is 5.97 Å². The van der Waals surface area contributed by atoms with E-state index in [1.807, 2.05) is 0 Å². The van der Waals surface area contributed by atoms with Crippen LogP contribution in [0.1, 0.15) is 62.8 Å². The van der Waals surface area contributed by atoms with E-state index in [2.05, 4.69) is 10.3 Å². The number of carbonyl (C=O) groups is 2. The summed E-state index contributed by atoms with van der Waals surface area (Å²) in [5, 5.41) is 2.69. The summed E-state index contributed by atoms with van der Waals surface area (Å²) < 4.78 is 36.4. The van der Waals surface area contributed by atoms with Crippen molar-refractivity contribution in [2.75, 3.05) is 11.9 Å². The summed E-state index contributed by atoms with van der Waals surface area (Å²) in [6.07, 6.45) is 4.12. The van der Waals surface area contributed by atoms with Crippen molar-refractivity contribution in [1.82, 2.24) is 4.98 Å². The summed E-state index contributed by atoms with van der Waals surface area (Å²) in [7, 11) is -3.32. The molecule has 1 heterocycles. The fourth-order valence-electron chi connectivity index (χ4n) is 3.93. The maximum Gasteiger partial charge on any atom is 0.311 e. The van der Waals surface area contributed by atoms with Crippen LogP contribution >= 0.6 is 22.9 Å². The number of sulfone groups is 1. The van der Waals surface area contributed by atoms with Crippen LogP contribution in [0.4, 0.5) is 5.13 Å². The number of ether oxygens (including phenoxy) is 2. The van der Waals surface area contributed by atoms with E-state index in [0.29, 0.717) is 28.4 Å². The molecule has 2 fully saturated rings. The number of carbonyl (C=O) groups excluding carboxylic acids is 2. The van der Waals surface area contributed by atoms with Crippen molar-refractivity contribution >= 4 is 49.8 Å². The fraction of sp³-hybridized carbons (Fsp3) is 0.522. The highest BCUT2D eigenvalue weighted by atomic mass is 35.5. The molecule has 34 heavy (non-hydrogen) atoms. The Morgan fingerprint density at radius 3 is 2.47 bits per heavy atom. The number of halogens is 1. The summed E-state index contributed by atoms with van der Waals surface area (Å²) in [5.41, 5.74) is 0.900. The average molecular weight is 527 g/mol. The Balaban J connectivity index is 1.51. The van der Waals surface area contributed by atoms with Gasteiger partial charge in [-0.2, -0.15) is 0 Å². The van der Waals surface area contributed by atoms with Gasteiger partial charge in [-0.25, -0.2) is 13.4 Å². The molecule has 0 saturated heterocycles. The van der Waals surface area contributed by atoms with Crippen LogP contribution < -0.4 is 5.32 Å². The molecule has 1 unspecified atom stereocenters. The lowest BCUT2D eigenvalue weighted by Crippen LogP contribution is -2.27. The second-order valence-corrected chi connectivity index (χ2v) is 12.3. The quantitative estimate of drug-likeness (QED) is 0.454. The monoisotopic (exact) mass is 526 g/mol. The van der Waals surface area contributed by atoms with Gasteiger partial charge in [0.25, 0.3) is 5.91 Å². The zero-order valence-corrected chi connectivity index (χ0v) is 21.2. The second-order valence-electron chi connectivity index (χ2n) is 8.45. The van der Waals surface area contributed by atoms with E-state index in [1.165, 1.54) is 0 Å². The van der Waals surface area contributed by atoms with Crippen molar-refractivity contribution in [3.05, 3.63) is 39.9 Å². The predicted molar refractivity (Wildman–Crippen MR) is 129 cm³/mol. The standard InChI is InChI=1S/C23H27ClN2O6S2/c1-2-31-19(27)13-18-21(24)33-23(25-18)26-22(28)20(32-15-5-3-4-6-15)14-7-9-16(10-8-14)34(29,30)17-11-12-17/h7-10,15,17,20H,2-6,11-13H2,1H3,(H,25,26,28). The highest BCUT2D eigenvalue weighted by Crippen LogP contribution is 2.35. The van der Waals surface area contributed by atoms with Crippen LogP contribution in [0.15, 0.2) is 29.2 Å². The molecule has 1 amide bonds. The molecule has 8 nitrogen and oxygen atoms in total. The maximum absolute atomic E-state index is 13.2. The van der Waals surface area contributed by atoms with Crippen molar-refractivity contribution in [2.24, 2.45) is 0 Å². The van der Waals surface area contributed by atoms with Crippen LogP contribution in [-0.4, -0.2) is 43.2 Å². The lowest BCUT2D eigenvalue weighted by molar-refractivity contribution is -0.142. The van der Waals surface area contributed by atoms with Crippen LogP contribution in [0.25, 0.3) is 0 Å². The van der Waals surface area contributed by atoms with Crippen molar-refractivity contribution in [1.29, 1.82) is 0 Å². The second kappa shape index (κ2) is 10.7. The number of thiazole rings is 1. The minimum atomic E-state index is -3.32. The number of rotatable bonds is 10. The molecule has 1 aromatic carbocycles. The number of amides is 1. The lowest BCUT2D eigenvalue weighted by atomic mass is 10.1. The first-order valence-electron chi connectivity index (χ1n) is 11.4. The smallest absolute Gasteiger partial charge is 0.311 e. The van der Waals surface area contributed by atoms with Crippen LogP contribution in [0.5, 0.6) is 0 Å². The van der Waals surface area contributed by atoms with Gasteiger partial charge in [-0.15, -0.1) is 0 Å². The molecule has 1 N–H and O–H groups in total. The van der Waals surface area contributed by atoms with Crippen LogP contribution in [-0.2, 0) is 35.3 Å². The molecule has 2 aliphatic carbocycles. The normalized spacial score (nSPS) is 17.5. The molecular weight excluding hydrogens is 500 g/mol. The Morgan fingerprint density at radius 1 is 1.18 bits per heavy atom. The van der Waals surface area contributed by atoms with E-state index in [0.717, 1.165) is 37.0 Å². The molecule has 1 atom stereocenters. The molecule has 184 valence electrons. The fourth-order valence-corrected chi connectivity index (χ4v) is 6.63. The van der Waals surface area contributed by atoms with Gasteiger partial charge in [0, 0.05) is 0 Å². The van der Waals surface area contributed by atoms with E-state index in [9.17, 15) is 18.0 Å². The molecule has 1 aromatic heterocycles. The predicted octanol–water partition coefficient (Wildman–Crippen LogP) is 4.48. The number of hydrogen-bond acceptors (Lipinski definition) is 8. The Kier molecular flexibility index (Phi) is 7.91. The average Bonchev–Trinajstić information content (AvgIpc) is 3.45. The summed E-state index contributed by atoms with van der Waals surface area (Å²) >= 11 is 7.26. The van der Waals surface area contributed by atoms with Crippen molar-refractivity contribution < 1.29 is 27.5 Å². The molecular formula is C23H27ClN2O6S2. The highest BCUT2D eigenvalue weighted by Gasteiger charge is 2.37. The Morgan fingerprint density at radius 2 is 1.85 bits per heavy atom. The molecule has 0 aliphatic heterocycles. The Bertz CT molecular complexity index is 1140. The van der Waals surface area contributed by atoms with Gasteiger partial charge in [0.05, 0.1) is 35.0 Å². The third kappa shape index (κ3) is 5.97. The zero-order valence-electron chi connectivity index (χ0n) is 18.8. The third-order valence-electron chi connectivity index (χ3n) is 5.84. The van der Waals surface area contributed by atoms with E-state index in [-0.39, 0.29) is 34.4 Å². The Labute approximate surface area is 207 Å². The minimum Gasteiger partial charge on any atom is -0.466 e. The van der Waals surface area contributed by atoms with Gasteiger partial charge in [-0.1, -0.05) is 47.9 Å². The van der Waals surface area contributed by atoms with E-state index < -0.39 is 27.8 Å². The number of nitrogens with zero attached hydrogens (tertiary/aromatic N) is 1. The first-order valence-corrected chi connectivity index (χ1v) is 14.1. The largest absolute Gasteiger partial charge is 0.466 e. The van der Waals surface area contributed by atoms with Gasteiger partial charge in [0.2, 0.25) is 0 Å². The van der Waals surface area contributed by atoms with Crippen LogP contribution in [0.3, 0.4) is 0 Å². The SMILES string of the molecule is CCOC(=O)Cc1nc(NC(=O)C(OC2CCCC2)c2ccc(S(=O)(=O)C3CC3)cc2)sc1Cl. The zero-order chi connectivity index (χ0) is 24.3. The summed E-state index contributed by atoms with van der Waals surface area (Å²) in [6, 6.07) is 6.35. The first-order chi connectivity index (χ1) is 16.3. The number of nitrogens with one attached hydrogen (secondary N) is 1. The third-order valence-corrected chi connectivity index (χ3v) is 9.37. The first kappa shape index (κ1) is 25.1. The molecule has 0 radical (unpaired) electrons. The van der Waals surface area contributed by atoms with Gasteiger partial charge in [-0.05, 0) is 50.3 Å². The van der Waals surface area contributed by atoms with Crippen LogP contribution in [0, 0.1) is 0 Å². The number of benzene rings is 1. The van der Waals surface area contributed by atoms with Gasteiger partial charge in [0.15, 0.2) is 21.1 Å². The molecule has 2 aliphatic rings. The molecule has 4 rings (SSSR count). The molecule has 11 heteroatoms. The molecule has 0 bridgehead atoms. The topological polar surface area (TPSA) is 112 Å². The minimum absolute atomic E-state index is 0.0510. The molecule has 0 spiro atoms. The number of anilines is 1. The highest BCUT2D eigenvalue weighted by molar-refractivity contribution is 7.92. The van der Waals surface area contributed by atoms with Crippen LogP contribution in [0.2, 0.25) is 4.34 Å². The Hall–Kier alpha value is -2.01. The van der Waals surface area contributed by atoms with Gasteiger partial charge in [-0.3, -0.25) is 14.9 Å². The van der Waals surface area contributed by atoms with Crippen molar-refractivity contribution in [3.63, 3.8) is 0 Å². The molecule has 2 saturated carbocycles. The lowest BCUT2D eigenvalue weighted by Gasteiger charge is -2.21. The molecule has 2 aromatic rings. The van der Waals surface area contributed by atoms with Crippen molar-refractivity contribution in [3.8, 4) is 0 Å². The number of hydrogen-bond donors (Lipinski definition) is 1. The summed E-state index contributed by atoms with van der Waals surface area (Å²) in [4.78, 5) is 29.5. The number of aromatic nitrogens is 1. The van der Waals surface area contributed by atoms with Gasteiger partial charge in [0.1, 0.15) is 4.34 Å². The van der Waals surface area contributed by atoms with E-state index in [4.69, 9.17) is 21.1 Å². The van der Waals surface area contributed by atoms with Gasteiger partial charge < -0.3 is 9.47 Å². The number of esters is 1. The van der Waals surface area contributed by atoms with E-state index in [1.54, 1.807) is 31.2 Å².